The predicted octanol–water partition coefficient (Wildman–Crippen LogP) is 3.29. The minimum Gasteiger partial charge on any atom is -0.354 e. The van der Waals surface area contributed by atoms with Gasteiger partial charge in [0.2, 0.25) is 0 Å². The molecule has 2 N–H and O–H groups in total. The molecule has 0 atom stereocenters. The number of hydrogen-bond donors (Lipinski definition) is 2. The maximum atomic E-state index is 5.05. The Labute approximate surface area is 163 Å². The van der Waals surface area contributed by atoms with Gasteiger partial charge in [0.25, 0.3) is 0 Å². The molecule has 27 heavy (non-hydrogen) atoms. The van der Waals surface area contributed by atoms with E-state index in [4.69, 9.17) is 4.98 Å². The molecule has 2 aromatic carbocycles. The van der Waals surface area contributed by atoms with Crippen molar-refractivity contribution in [2.24, 2.45) is 0 Å². The van der Waals surface area contributed by atoms with Gasteiger partial charge >= 0.3 is 0 Å². The second-order valence-electron chi connectivity index (χ2n) is 7.25. The number of likely N-dealkylation sites (N-methyl/N-ethyl adjacent to an activating group) is 1. The molecule has 0 spiro atoms. The van der Waals surface area contributed by atoms with Crippen LogP contribution in [0.5, 0.6) is 0 Å². The number of quaternary nitrogens is 1. The Balaban J connectivity index is 1.61. The maximum absolute atomic E-state index is 5.05. The van der Waals surface area contributed by atoms with Crippen LogP contribution in [0.15, 0.2) is 60.0 Å². The van der Waals surface area contributed by atoms with Gasteiger partial charge in [0.15, 0.2) is 5.13 Å². The van der Waals surface area contributed by atoms with Crippen molar-refractivity contribution in [3.63, 3.8) is 0 Å². The highest BCUT2D eigenvalue weighted by Gasteiger charge is 2.22. The summed E-state index contributed by atoms with van der Waals surface area (Å²) in [5, 5.41) is 4.58. The number of piperazine rings is 1. The van der Waals surface area contributed by atoms with Crippen molar-refractivity contribution >= 4 is 27.4 Å². The summed E-state index contributed by atoms with van der Waals surface area (Å²) >= 11 is 1.76. The lowest BCUT2D eigenvalue weighted by Crippen LogP contribution is -3.12. The fourth-order valence-electron chi connectivity index (χ4n) is 3.83. The normalized spacial score (nSPS) is 15.5. The average molecular weight is 376 g/mol. The van der Waals surface area contributed by atoms with E-state index in [1.807, 2.05) is 0 Å². The number of benzene rings is 2. The first-order valence-electron chi connectivity index (χ1n) is 9.48. The molecule has 0 amide bonds. The molecular formula is C22H23N4S+. The number of anilines is 1. The molecule has 1 aliphatic heterocycles. The van der Waals surface area contributed by atoms with Gasteiger partial charge in [0, 0.05) is 21.8 Å². The van der Waals surface area contributed by atoms with Crippen LogP contribution in [0.25, 0.3) is 33.4 Å². The second-order valence-corrected chi connectivity index (χ2v) is 8.08. The van der Waals surface area contributed by atoms with E-state index >= 15 is 0 Å². The van der Waals surface area contributed by atoms with Crippen LogP contribution in [-0.2, 0) is 0 Å². The predicted molar refractivity (Wildman–Crippen MR) is 114 cm³/mol. The molecule has 136 valence electrons. The van der Waals surface area contributed by atoms with Gasteiger partial charge in [-0.05, 0) is 11.6 Å². The Morgan fingerprint density at radius 2 is 1.74 bits per heavy atom. The number of para-hydroxylation sites is 1. The van der Waals surface area contributed by atoms with Gasteiger partial charge in [-0.25, -0.2) is 4.98 Å². The molecule has 4 aromatic rings. The molecular weight excluding hydrogens is 352 g/mol. The minimum absolute atomic E-state index is 1.07. The Morgan fingerprint density at radius 3 is 2.56 bits per heavy atom. The summed E-state index contributed by atoms with van der Waals surface area (Å²) in [6.07, 6.45) is 0. The lowest BCUT2D eigenvalue weighted by molar-refractivity contribution is -0.880. The molecule has 2 aromatic heterocycles. The maximum Gasteiger partial charge on any atom is 0.186 e. The smallest absolute Gasteiger partial charge is 0.186 e. The van der Waals surface area contributed by atoms with Gasteiger partial charge < -0.3 is 14.8 Å². The molecule has 5 rings (SSSR count). The quantitative estimate of drug-likeness (QED) is 0.576. The van der Waals surface area contributed by atoms with Crippen molar-refractivity contribution in [1.29, 1.82) is 0 Å². The van der Waals surface area contributed by atoms with E-state index in [1.54, 1.807) is 16.2 Å². The topological polar surface area (TPSA) is 36.4 Å². The molecule has 1 fully saturated rings. The average Bonchev–Trinajstić information content (AvgIpc) is 3.34. The summed E-state index contributed by atoms with van der Waals surface area (Å²) < 4.78 is 0. The van der Waals surface area contributed by atoms with E-state index < -0.39 is 0 Å². The highest BCUT2D eigenvalue weighted by Crippen LogP contribution is 2.39. The lowest BCUT2D eigenvalue weighted by atomic mass is 10.0. The molecule has 3 heterocycles. The zero-order chi connectivity index (χ0) is 18.2. The van der Waals surface area contributed by atoms with Crippen molar-refractivity contribution in [2.45, 2.75) is 0 Å². The van der Waals surface area contributed by atoms with E-state index in [1.165, 1.54) is 29.6 Å². The van der Waals surface area contributed by atoms with E-state index in [9.17, 15) is 0 Å². The largest absolute Gasteiger partial charge is 0.354 e. The van der Waals surface area contributed by atoms with Crippen LogP contribution in [-0.4, -0.2) is 43.2 Å². The van der Waals surface area contributed by atoms with Crippen molar-refractivity contribution in [3.05, 3.63) is 60.0 Å². The molecule has 0 unspecified atom stereocenters. The zero-order valence-corrected chi connectivity index (χ0v) is 16.2. The Morgan fingerprint density at radius 1 is 1.00 bits per heavy atom. The van der Waals surface area contributed by atoms with Crippen LogP contribution < -0.4 is 9.80 Å². The molecule has 4 nitrogen and oxygen atoms in total. The summed E-state index contributed by atoms with van der Waals surface area (Å²) in [7, 11) is 2.27. The number of rotatable bonds is 3. The lowest BCUT2D eigenvalue weighted by Gasteiger charge is -2.29. The standard InChI is InChI=1S/C22H22N4S/c1-25-11-13-26(14-12-25)22-24-19(15-27-22)20-17-9-5-6-10-18(17)23-21(20)16-7-3-2-4-8-16/h2-10,15,23H,11-14H2,1H3/p+1. The highest BCUT2D eigenvalue weighted by molar-refractivity contribution is 7.14. The Kier molecular flexibility index (Phi) is 4.19. The fourth-order valence-corrected chi connectivity index (χ4v) is 4.70. The number of aromatic amines is 1. The number of H-pyrrole nitrogens is 1. The third-order valence-electron chi connectivity index (χ3n) is 5.40. The second kappa shape index (κ2) is 6.83. The summed E-state index contributed by atoms with van der Waals surface area (Å²) in [4.78, 5) is 12.7. The van der Waals surface area contributed by atoms with Gasteiger partial charge in [0.1, 0.15) is 0 Å². The van der Waals surface area contributed by atoms with E-state index in [2.05, 4.69) is 76.9 Å². The van der Waals surface area contributed by atoms with E-state index in [0.717, 1.165) is 35.1 Å². The summed E-state index contributed by atoms with van der Waals surface area (Å²) in [6, 6.07) is 19.1. The first-order valence-corrected chi connectivity index (χ1v) is 10.4. The van der Waals surface area contributed by atoms with Crippen LogP contribution in [0, 0.1) is 0 Å². The summed E-state index contributed by atoms with van der Waals surface area (Å²) in [5.74, 6) is 0. The number of nitrogens with zero attached hydrogens (tertiary/aromatic N) is 2. The van der Waals surface area contributed by atoms with Gasteiger partial charge in [-0.3, -0.25) is 0 Å². The highest BCUT2D eigenvalue weighted by atomic mass is 32.1. The molecule has 1 saturated heterocycles. The van der Waals surface area contributed by atoms with Gasteiger partial charge in [0.05, 0.1) is 44.6 Å². The van der Waals surface area contributed by atoms with Crippen LogP contribution >= 0.6 is 11.3 Å². The van der Waals surface area contributed by atoms with Crippen molar-refractivity contribution < 1.29 is 4.90 Å². The first kappa shape index (κ1) is 16.5. The first-order chi connectivity index (χ1) is 13.3. The molecule has 0 bridgehead atoms. The van der Waals surface area contributed by atoms with Gasteiger partial charge in [-0.2, -0.15) is 0 Å². The fraction of sp³-hybridized carbons (Fsp3) is 0.227. The van der Waals surface area contributed by atoms with Crippen LogP contribution in [0.4, 0.5) is 5.13 Å². The van der Waals surface area contributed by atoms with Crippen molar-refractivity contribution in [2.75, 3.05) is 38.1 Å². The number of fused-ring (bicyclic) bond motifs is 1. The van der Waals surface area contributed by atoms with Crippen LogP contribution in [0.2, 0.25) is 0 Å². The number of aromatic nitrogens is 2. The van der Waals surface area contributed by atoms with E-state index in [0.29, 0.717) is 0 Å². The number of hydrogen-bond acceptors (Lipinski definition) is 3. The summed E-state index contributed by atoms with van der Waals surface area (Å²) in [6.45, 7) is 4.52. The summed E-state index contributed by atoms with van der Waals surface area (Å²) in [5.41, 5.74) is 5.78. The monoisotopic (exact) mass is 375 g/mol. The molecule has 0 radical (unpaired) electrons. The Hall–Kier alpha value is -2.63. The van der Waals surface area contributed by atoms with Crippen molar-refractivity contribution in [1.82, 2.24) is 9.97 Å². The third kappa shape index (κ3) is 3.03. The minimum atomic E-state index is 1.07. The Bertz CT molecular complexity index is 1060. The zero-order valence-electron chi connectivity index (χ0n) is 15.4. The number of nitrogens with one attached hydrogen (secondary N) is 2. The number of thiazole rings is 1. The molecule has 5 heteroatoms. The van der Waals surface area contributed by atoms with Gasteiger partial charge in [-0.15, -0.1) is 11.3 Å². The molecule has 1 aliphatic rings. The van der Waals surface area contributed by atoms with Crippen LogP contribution in [0.1, 0.15) is 0 Å². The van der Waals surface area contributed by atoms with Crippen molar-refractivity contribution in [3.8, 4) is 22.5 Å². The van der Waals surface area contributed by atoms with Crippen LogP contribution in [0.3, 0.4) is 0 Å². The van der Waals surface area contributed by atoms with E-state index in [-0.39, 0.29) is 0 Å². The van der Waals surface area contributed by atoms with Gasteiger partial charge in [-0.1, -0.05) is 48.5 Å². The SMILES string of the molecule is C[NH+]1CCN(c2nc(-c3c(-c4ccccc4)[nH]c4ccccc34)cs2)CC1. The molecule has 0 aliphatic carbocycles. The third-order valence-corrected chi connectivity index (χ3v) is 6.31. The molecule has 0 saturated carbocycles.